The number of aliphatic hydroxyl groups excluding tert-OH is 1. The second-order valence-electron chi connectivity index (χ2n) is 8.96. The SMILES string of the molecule is Cc1nc(C#N)ncc1-c1c(F)cc([C@H]2C[C@H](F)[C@H](F)c3cc(F)cc(C#N)c32)c2c1[C@H](O)[C@H](F)C2. The van der Waals surface area contributed by atoms with Gasteiger partial charge in [0.1, 0.15) is 36.2 Å². The molecule has 5 rings (SSSR count). The minimum atomic E-state index is -2.19. The Kier molecular flexibility index (Phi) is 5.73. The number of fused-ring (bicyclic) bond motifs is 2. The molecule has 0 unspecified atom stereocenters. The van der Waals surface area contributed by atoms with E-state index in [0.717, 1.165) is 18.2 Å². The Morgan fingerprint density at radius 3 is 2.42 bits per heavy atom. The lowest BCUT2D eigenvalue weighted by molar-refractivity contribution is 0.0928. The van der Waals surface area contributed by atoms with Crippen molar-refractivity contribution in [3.8, 4) is 23.3 Å². The maximum atomic E-state index is 15.8. The Morgan fingerprint density at radius 2 is 1.75 bits per heavy atom. The molecule has 5 nitrogen and oxygen atoms in total. The van der Waals surface area contributed by atoms with Crippen molar-refractivity contribution < 1.29 is 27.1 Å². The summed E-state index contributed by atoms with van der Waals surface area (Å²) in [7, 11) is 0. The Morgan fingerprint density at radius 1 is 1.00 bits per heavy atom. The van der Waals surface area contributed by atoms with Crippen LogP contribution in [0.4, 0.5) is 22.0 Å². The number of hydrogen-bond donors (Lipinski definition) is 1. The number of rotatable bonds is 2. The van der Waals surface area contributed by atoms with Crippen molar-refractivity contribution in [1.29, 1.82) is 10.5 Å². The molecule has 0 radical (unpaired) electrons. The van der Waals surface area contributed by atoms with Crippen LogP contribution in [0.1, 0.15) is 69.5 Å². The van der Waals surface area contributed by atoms with E-state index in [1.54, 1.807) is 12.1 Å². The Hall–Kier alpha value is -3.89. The third-order valence-electron chi connectivity index (χ3n) is 6.95. The second-order valence-corrected chi connectivity index (χ2v) is 8.96. The molecule has 0 bridgehead atoms. The summed E-state index contributed by atoms with van der Waals surface area (Å²) in [6.07, 6.45) is -7.39. The number of aryl methyl sites for hydroxylation is 1. The van der Waals surface area contributed by atoms with Gasteiger partial charge in [0.15, 0.2) is 6.17 Å². The molecule has 0 aliphatic heterocycles. The highest BCUT2D eigenvalue weighted by Crippen LogP contribution is 2.51. The van der Waals surface area contributed by atoms with E-state index in [0.29, 0.717) is 0 Å². The van der Waals surface area contributed by atoms with Crippen molar-refractivity contribution in [3.05, 3.63) is 80.9 Å². The standard InChI is InChI=1S/C26H17F5N4O/c1-10-17(9-34-21(8-33)35-10)23-18(28)4-13(15-6-20(30)26(36)24(15)23)14-5-19(29)25(31)16-3-12(27)2-11(7-32)22(14)16/h2-4,9,14,19-20,25-26,36H,5-6H2,1H3/t14-,19+,20-,25-,26-/m1/s1. The van der Waals surface area contributed by atoms with Gasteiger partial charge in [-0.05, 0) is 59.4 Å². The van der Waals surface area contributed by atoms with Gasteiger partial charge >= 0.3 is 0 Å². The van der Waals surface area contributed by atoms with Gasteiger partial charge in [0.25, 0.3) is 0 Å². The fourth-order valence-electron chi connectivity index (χ4n) is 5.41. The first-order chi connectivity index (χ1) is 17.2. The summed E-state index contributed by atoms with van der Waals surface area (Å²) in [5.74, 6) is -3.04. The quantitative estimate of drug-likeness (QED) is 0.487. The number of benzene rings is 2. The first-order valence-electron chi connectivity index (χ1n) is 11.1. The van der Waals surface area contributed by atoms with Crippen molar-refractivity contribution in [2.75, 3.05) is 0 Å². The Bertz CT molecular complexity index is 1500. The fraction of sp³-hybridized carbons (Fsp3) is 0.308. The highest BCUT2D eigenvalue weighted by molar-refractivity contribution is 5.74. The van der Waals surface area contributed by atoms with Crippen molar-refractivity contribution in [1.82, 2.24) is 9.97 Å². The van der Waals surface area contributed by atoms with Crippen LogP contribution < -0.4 is 0 Å². The minimum absolute atomic E-state index is 0.0179. The molecule has 2 aromatic carbocycles. The molecule has 3 aromatic rings. The molecule has 1 heterocycles. The first kappa shape index (κ1) is 23.8. The van der Waals surface area contributed by atoms with Crippen LogP contribution in [0.2, 0.25) is 0 Å². The van der Waals surface area contributed by atoms with Crippen LogP contribution in [0, 0.1) is 41.2 Å². The molecule has 2 aliphatic carbocycles. The zero-order valence-corrected chi connectivity index (χ0v) is 18.7. The zero-order chi connectivity index (χ0) is 25.9. The summed E-state index contributed by atoms with van der Waals surface area (Å²) >= 11 is 0. The maximum Gasteiger partial charge on any atom is 0.232 e. The van der Waals surface area contributed by atoms with Crippen molar-refractivity contribution >= 4 is 0 Å². The van der Waals surface area contributed by atoms with Gasteiger partial charge in [0.2, 0.25) is 5.82 Å². The molecule has 0 fully saturated rings. The summed E-state index contributed by atoms with van der Waals surface area (Å²) in [5, 5.41) is 29.3. The molecular formula is C26H17F5N4O. The predicted octanol–water partition coefficient (Wildman–Crippen LogP) is 5.29. The molecule has 0 amide bonds. The Balaban J connectivity index is 1.79. The molecule has 1 aromatic heterocycles. The minimum Gasteiger partial charge on any atom is -0.385 e. The van der Waals surface area contributed by atoms with E-state index in [4.69, 9.17) is 5.26 Å². The third-order valence-corrected chi connectivity index (χ3v) is 6.95. The van der Waals surface area contributed by atoms with E-state index in [2.05, 4.69) is 9.97 Å². The zero-order valence-electron chi connectivity index (χ0n) is 18.7. The first-order valence-corrected chi connectivity index (χ1v) is 11.1. The van der Waals surface area contributed by atoms with Gasteiger partial charge in [-0.3, -0.25) is 0 Å². The monoisotopic (exact) mass is 496 g/mol. The van der Waals surface area contributed by atoms with Crippen LogP contribution >= 0.6 is 0 Å². The molecule has 0 spiro atoms. The summed E-state index contributed by atoms with van der Waals surface area (Å²) in [4.78, 5) is 7.85. The highest BCUT2D eigenvalue weighted by Gasteiger charge is 2.43. The second kappa shape index (κ2) is 8.65. The Labute approximate surface area is 202 Å². The van der Waals surface area contributed by atoms with Gasteiger partial charge in [0.05, 0.1) is 17.3 Å². The number of aliphatic hydroxyl groups is 1. The molecule has 1 N–H and O–H groups in total. The van der Waals surface area contributed by atoms with Crippen LogP contribution in [-0.2, 0) is 6.42 Å². The van der Waals surface area contributed by atoms with E-state index < -0.39 is 48.6 Å². The lowest BCUT2D eigenvalue weighted by atomic mass is 9.73. The van der Waals surface area contributed by atoms with Gasteiger partial charge in [0, 0.05) is 29.7 Å². The smallest absolute Gasteiger partial charge is 0.232 e. The third kappa shape index (κ3) is 3.52. The predicted molar refractivity (Wildman–Crippen MR) is 117 cm³/mol. The fourth-order valence-corrected chi connectivity index (χ4v) is 5.41. The lowest BCUT2D eigenvalue weighted by Gasteiger charge is -2.33. The van der Waals surface area contributed by atoms with Crippen LogP contribution in [0.15, 0.2) is 24.4 Å². The largest absolute Gasteiger partial charge is 0.385 e. The molecule has 0 saturated carbocycles. The number of hydrogen-bond acceptors (Lipinski definition) is 5. The van der Waals surface area contributed by atoms with E-state index in [1.807, 2.05) is 0 Å². The van der Waals surface area contributed by atoms with Crippen molar-refractivity contribution in [2.45, 2.75) is 50.3 Å². The van der Waals surface area contributed by atoms with Gasteiger partial charge in [-0.15, -0.1) is 0 Å². The number of nitrogens with zero attached hydrogens (tertiary/aromatic N) is 4. The number of aromatic nitrogens is 2. The van der Waals surface area contributed by atoms with E-state index in [9.17, 15) is 27.9 Å². The summed E-state index contributed by atoms with van der Waals surface area (Å²) in [6.45, 7) is 1.51. The molecular weight excluding hydrogens is 479 g/mol. The van der Waals surface area contributed by atoms with Crippen LogP contribution in [0.25, 0.3) is 11.1 Å². The normalized spacial score (nSPS) is 24.5. The van der Waals surface area contributed by atoms with Crippen LogP contribution in [-0.4, -0.2) is 27.4 Å². The molecule has 0 saturated heterocycles. The summed E-state index contributed by atoms with van der Waals surface area (Å²) in [6, 6.07) is 6.33. The van der Waals surface area contributed by atoms with E-state index in [1.165, 1.54) is 13.1 Å². The molecule has 2 aliphatic rings. The highest BCUT2D eigenvalue weighted by atomic mass is 19.2. The molecule has 10 heteroatoms. The maximum absolute atomic E-state index is 15.8. The van der Waals surface area contributed by atoms with Crippen molar-refractivity contribution in [2.24, 2.45) is 0 Å². The molecule has 36 heavy (non-hydrogen) atoms. The van der Waals surface area contributed by atoms with Crippen LogP contribution in [0.3, 0.4) is 0 Å². The van der Waals surface area contributed by atoms with Crippen molar-refractivity contribution in [3.63, 3.8) is 0 Å². The number of nitriles is 2. The summed E-state index contributed by atoms with van der Waals surface area (Å²) < 4.78 is 74.2. The molecule has 182 valence electrons. The molecule has 5 atom stereocenters. The van der Waals surface area contributed by atoms with Gasteiger partial charge < -0.3 is 5.11 Å². The van der Waals surface area contributed by atoms with Gasteiger partial charge in [-0.2, -0.15) is 10.5 Å². The van der Waals surface area contributed by atoms with Gasteiger partial charge in [-0.25, -0.2) is 31.9 Å². The average molecular weight is 496 g/mol. The topological polar surface area (TPSA) is 93.6 Å². The van der Waals surface area contributed by atoms with E-state index >= 15 is 4.39 Å². The summed E-state index contributed by atoms with van der Waals surface area (Å²) in [5.41, 5.74) is -0.134. The van der Waals surface area contributed by atoms with Crippen LogP contribution in [0.5, 0.6) is 0 Å². The van der Waals surface area contributed by atoms with E-state index in [-0.39, 0.29) is 62.4 Å². The number of halogens is 5. The van der Waals surface area contributed by atoms with Gasteiger partial charge in [-0.1, -0.05) is 0 Å². The average Bonchev–Trinajstić information content (AvgIpc) is 3.15. The number of alkyl halides is 3. The lowest BCUT2D eigenvalue weighted by Crippen LogP contribution is -2.25.